The number of rotatable bonds is 6. The fraction of sp³-hybridized carbons (Fsp3) is 0.188. The number of carbonyl (C=O) groups excluding carboxylic acids is 1. The first-order valence-corrected chi connectivity index (χ1v) is 7.39. The average molecular weight is 368 g/mol. The molecule has 0 radical (unpaired) electrons. The summed E-state index contributed by atoms with van der Waals surface area (Å²) in [5, 5.41) is 2.75. The van der Waals surface area contributed by atoms with Crippen LogP contribution in [-0.4, -0.2) is 26.2 Å². The van der Waals surface area contributed by atoms with E-state index < -0.39 is 0 Å². The first-order valence-electron chi connectivity index (χ1n) is 6.60. The molecule has 1 amide bonds. The van der Waals surface area contributed by atoms with Crippen LogP contribution < -0.4 is 14.8 Å². The average Bonchev–Trinajstić information content (AvgIpc) is 2.53. The first kappa shape index (κ1) is 16.3. The third-order valence-corrected chi connectivity index (χ3v) is 3.58. The molecule has 4 nitrogen and oxygen atoms in total. The Balaban J connectivity index is 1.84. The van der Waals surface area contributed by atoms with E-state index >= 15 is 0 Å². The van der Waals surface area contributed by atoms with Crippen LogP contribution in [-0.2, 0) is 0 Å². The second-order valence-electron chi connectivity index (χ2n) is 4.40. The third kappa shape index (κ3) is 4.46. The number of benzene rings is 2. The molecule has 2 aromatic rings. The van der Waals surface area contributed by atoms with Gasteiger partial charge in [-0.05, 0) is 58.4 Å². The van der Waals surface area contributed by atoms with E-state index in [0.29, 0.717) is 34.7 Å². The van der Waals surface area contributed by atoms with Crippen LogP contribution in [0.5, 0.6) is 11.5 Å². The Morgan fingerprint density at radius 1 is 1.18 bits per heavy atom. The lowest BCUT2D eigenvalue weighted by Gasteiger charge is -2.10. The largest absolute Gasteiger partial charge is 0.497 e. The Hall–Kier alpha value is -2.08. The standard InChI is InChI=1S/C16H15BrFNO3/c1-21-13-6-7-15(17)14(10-13)16(20)19-8-9-22-12-4-2-11(18)3-5-12/h2-7,10H,8-9H2,1H3,(H,19,20). The Labute approximate surface area is 136 Å². The summed E-state index contributed by atoms with van der Waals surface area (Å²) in [7, 11) is 1.54. The van der Waals surface area contributed by atoms with Crippen LogP contribution >= 0.6 is 15.9 Å². The molecular weight excluding hydrogens is 353 g/mol. The maximum absolute atomic E-state index is 12.7. The Morgan fingerprint density at radius 2 is 1.86 bits per heavy atom. The van der Waals surface area contributed by atoms with Crippen LogP contribution in [0.25, 0.3) is 0 Å². The maximum atomic E-state index is 12.7. The summed E-state index contributed by atoms with van der Waals surface area (Å²) in [4.78, 5) is 12.1. The molecule has 0 saturated carbocycles. The van der Waals surface area contributed by atoms with Gasteiger partial charge in [0, 0.05) is 4.47 Å². The molecule has 0 fully saturated rings. The van der Waals surface area contributed by atoms with Crippen LogP contribution in [0.1, 0.15) is 10.4 Å². The minimum Gasteiger partial charge on any atom is -0.497 e. The van der Waals surface area contributed by atoms with Gasteiger partial charge in [0.25, 0.3) is 5.91 Å². The molecule has 0 unspecified atom stereocenters. The summed E-state index contributed by atoms with van der Waals surface area (Å²) in [5.41, 5.74) is 0.487. The van der Waals surface area contributed by atoms with Gasteiger partial charge in [-0.1, -0.05) is 0 Å². The van der Waals surface area contributed by atoms with Crippen molar-refractivity contribution in [2.24, 2.45) is 0 Å². The van der Waals surface area contributed by atoms with Gasteiger partial charge in [-0.25, -0.2) is 4.39 Å². The second kappa shape index (κ2) is 7.79. The lowest BCUT2D eigenvalue weighted by atomic mass is 10.2. The molecule has 1 N–H and O–H groups in total. The molecule has 2 aromatic carbocycles. The van der Waals surface area contributed by atoms with Crippen LogP contribution in [0, 0.1) is 5.82 Å². The number of halogens is 2. The van der Waals surface area contributed by atoms with E-state index in [1.165, 1.54) is 24.3 Å². The number of amides is 1. The van der Waals surface area contributed by atoms with Crippen LogP contribution in [0.15, 0.2) is 46.9 Å². The monoisotopic (exact) mass is 367 g/mol. The van der Waals surface area contributed by atoms with Crippen molar-refractivity contribution in [1.29, 1.82) is 0 Å². The molecule has 116 valence electrons. The Bertz CT molecular complexity index is 646. The lowest BCUT2D eigenvalue weighted by Crippen LogP contribution is -2.28. The lowest BCUT2D eigenvalue weighted by molar-refractivity contribution is 0.0946. The van der Waals surface area contributed by atoms with Gasteiger partial charge in [0.2, 0.25) is 0 Å². The molecule has 0 aliphatic rings. The topological polar surface area (TPSA) is 47.6 Å². The fourth-order valence-electron chi connectivity index (χ4n) is 1.76. The predicted octanol–water partition coefficient (Wildman–Crippen LogP) is 3.41. The zero-order valence-electron chi connectivity index (χ0n) is 11.9. The molecule has 2 rings (SSSR count). The summed E-state index contributed by atoms with van der Waals surface area (Å²) in [6, 6.07) is 10.9. The summed E-state index contributed by atoms with van der Waals surface area (Å²) >= 11 is 3.33. The number of ether oxygens (including phenoxy) is 2. The molecule has 6 heteroatoms. The molecule has 0 aliphatic heterocycles. The molecule has 0 aromatic heterocycles. The zero-order chi connectivity index (χ0) is 15.9. The van der Waals surface area contributed by atoms with Crippen molar-refractivity contribution in [2.75, 3.05) is 20.3 Å². The molecule has 0 heterocycles. The highest BCUT2D eigenvalue weighted by Gasteiger charge is 2.10. The smallest absolute Gasteiger partial charge is 0.252 e. The minimum atomic E-state index is -0.316. The second-order valence-corrected chi connectivity index (χ2v) is 5.26. The fourth-order valence-corrected chi connectivity index (χ4v) is 2.19. The highest BCUT2D eigenvalue weighted by Crippen LogP contribution is 2.22. The van der Waals surface area contributed by atoms with Gasteiger partial charge in [0.05, 0.1) is 19.2 Å². The van der Waals surface area contributed by atoms with E-state index in [0.717, 1.165) is 0 Å². The number of methoxy groups -OCH3 is 1. The highest BCUT2D eigenvalue weighted by atomic mass is 79.9. The molecule has 0 atom stereocenters. The number of nitrogens with one attached hydrogen (secondary N) is 1. The number of hydrogen-bond acceptors (Lipinski definition) is 3. The SMILES string of the molecule is COc1ccc(Br)c(C(=O)NCCOc2ccc(F)cc2)c1. The van der Waals surface area contributed by atoms with Crippen molar-refractivity contribution in [3.63, 3.8) is 0 Å². The first-order chi connectivity index (χ1) is 10.6. The van der Waals surface area contributed by atoms with Crippen molar-refractivity contribution in [3.8, 4) is 11.5 Å². The van der Waals surface area contributed by atoms with E-state index in [2.05, 4.69) is 21.2 Å². The van der Waals surface area contributed by atoms with Gasteiger partial charge in [-0.15, -0.1) is 0 Å². The van der Waals surface area contributed by atoms with E-state index in [9.17, 15) is 9.18 Å². The maximum Gasteiger partial charge on any atom is 0.252 e. The molecule has 0 spiro atoms. The highest BCUT2D eigenvalue weighted by molar-refractivity contribution is 9.10. The van der Waals surface area contributed by atoms with Gasteiger partial charge in [0.1, 0.15) is 23.9 Å². The molecule has 0 aliphatic carbocycles. The Kier molecular flexibility index (Phi) is 5.77. The van der Waals surface area contributed by atoms with Crippen LogP contribution in [0.2, 0.25) is 0 Å². The van der Waals surface area contributed by atoms with Crippen molar-refractivity contribution < 1.29 is 18.7 Å². The summed E-state index contributed by atoms with van der Waals surface area (Å²) in [6.07, 6.45) is 0. The van der Waals surface area contributed by atoms with Gasteiger partial charge >= 0.3 is 0 Å². The van der Waals surface area contributed by atoms with Crippen LogP contribution in [0.4, 0.5) is 4.39 Å². The molecule has 22 heavy (non-hydrogen) atoms. The van der Waals surface area contributed by atoms with E-state index in [1.54, 1.807) is 25.3 Å². The molecule has 0 bridgehead atoms. The quantitative estimate of drug-likeness (QED) is 0.795. The van der Waals surface area contributed by atoms with E-state index in [-0.39, 0.29) is 11.7 Å². The van der Waals surface area contributed by atoms with Crippen molar-refractivity contribution in [3.05, 3.63) is 58.3 Å². The molecule has 0 saturated heterocycles. The predicted molar refractivity (Wildman–Crippen MR) is 84.9 cm³/mol. The van der Waals surface area contributed by atoms with Gasteiger partial charge in [-0.2, -0.15) is 0 Å². The van der Waals surface area contributed by atoms with Gasteiger partial charge < -0.3 is 14.8 Å². The normalized spacial score (nSPS) is 10.1. The summed E-state index contributed by atoms with van der Waals surface area (Å²) in [5.74, 6) is 0.617. The number of carbonyl (C=O) groups is 1. The zero-order valence-corrected chi connectivity index (χ0v) is 13.5. The van der Waals surface area contributed by atoms with Gasteiger partial charge in [0.15, 0.2) is 0 Å². The third-order valence-electron chi connectivity index (χ3n) is 2.89. The molecular formula is C16H15BrFNO3. The van der Waals surface area contributed by atoms with Crippen molar-refractivity contribution >= 4 is 21.8 Å². The van der Waals surface area contributed by atoms with Gasteiger partial charge in [-0.3, -0.25) is 4.79 Å². The van der Waals surface area contributed by atoms with Crippen molar-refractivity contribution in [2.45, 2.75) is 0 Å². The van der Waals surface area contributed by atoms with Crippen molar-refractivity contribution in [1.82, 2.24) is 5.32 Å². The Morgan fingerprint density at radius 3 is 2.55 bits per heavy atom. The minimum absolute atomic E-state index is 0.228. The summed E-state index contributed by atoms with van der Waals surface area (Å²) in [6.45, 7) is 0.624. The number of hydrogen-bond donors (Lipinski definition) is 1. The van der Waals surface area contributed by atoms with Crippen LogP contribution in [0.3, 0.4) is 0 Å². The van der Waals surface area contributed by atoms with E-state index in [4.69, 9.17) is 9.47 Å². The van der Waals surface area contributed by atoms with E-state index in [1.807, 2.05) is 0 Å². The summed E-state index contributed by atoms with van der Waals surface area (Å²) < 4.78 is 23.9.